The summed E-state index contributed by atoms with van der Waals surface area (Å²) in [6.45, 7) is 2.61. The summed E-state index contributed by atoms with van der Waals surface area (Å²) in [6.07, 6.45) is 0.292. The number of hydrogen-bond acceptors (Lipinski definition) is 5. The van der Waals surface area contributed by atoms with E-state index in [1.165, 1.54) is 7.11 Å². The molecule has 1 amide bonds. The third-order valence-electron chi connectivity index (χ3n) is 2.51. The highest BCUT2D eigenvalue weighted by molar-refractivity contribution is 5.80. The Morgan fingerprint density at radius 3 is 2.93 bits per heavy atom. The van der Waals surface area contributed by atoms with Gasteiger partial charge in [-0.25, -0.2) is 0 Å². The van der Waals surface area contributed by atoms with Crippen LogP contribution in [-0.2, 0) is 14.3 Å². The average molecular weight is 215 g/mol. The molecule has 1 aliphatic heterocycles. The van der Waals surface area contributed by atoms with Gasteiger partial charge in [0.25, 0.3) is 0 Å². The van der Waals surface area contributed by atoms with E-state index in [1.807, 2.05) is 4.90 Å². The van der Waals surface area contributed by atoms with E-state index in [1.54, 1.807) is 0 Å². The van der Waals surface area contributed by atoms with E-state index in [-0.39, 0.29) is 17.9 Å². The minimum absolute atomic E-state index is 0.267. The Kier molecular flexibility index (Phi) is 4.51. The van der Waals surface area contributed by atoms with Crippen LogP contribution in [0.15, 0.2) is 0 Å². The second kappa shape index (κ2) is 5.67. The van der Waals surface area contributed by atoms with Crippen LogP contribution in [0.2, 0.25) is 0 Å². The number of ether oxygens (including phenoxy) is 1. The second-order valence-electron chi connectivity index (χ2n) is 3.48. The van der Waals surface area contributed by atoms with Crippen LogP contribution in [0.25, 0.3) is 0 Å². The predicted molar refractivity (Wildman–Crippen MR) is 54.1 cm³/mol. The molecule has 1 atom stereocenters. The second-order valence-corrected chi connectivity index (χ2v) is 3.48. The van der Waals surface area contributed by atoms with Crippen molar-refractivity contribution in [2.24, 2.45) is 5.73 Å². The van der Waals surface area contributed by atoms with E-state index in [0.717, 1.165) is 13.1 Å². The molecule has 1 aliphatic rings. The van der Waals surface area contributed by atoms with Gasteiger partial charge in [0, 0.05) is 26.2 Å². The Bertz CT molecular complexity index is 245. The minimum Gasteiger partial charge on any atom is -0.469 e. The number of nitrogens with zero attached hydrogens (tertiary/aromatic N) is 1. The van der Waals surface area contributed by atoms with Gasteiger partial charge in [0.2, 0.25) is 5.91 Å². The van der Waals surface area contributed by atoms with Gasteiger partial charge in [0.05, 0.1) is 13.5 Å². The van der Waals surface area contributed by atoms with Gasteiger partial charge in [-0.05, 0) is 0 Å². The number of carbonyl (C=O) groups is 2. The Morgan fingerprint density at radius 1 is 1.60 bits per heavy atom. The van der Waals surface area contributed by atoms with Crippen LogP contribution in [0.4, 0.5) is 0 Å². The number of nitrogens with two attached hydrogens (primary N) is 1. The summed E-state index contributed by atoms with van der Waals surface area (Å²) < 4.78 is 4.54. The first-order chi connectivity index (χ1) is 7.15. The number of carbonyl (C=O) groups excluding carboxylic acids is 2. The molecule has 0 aromatic carbocycles. The van der Waals surface area contributed by atoms with Crippen LogP contribution in [-0.4, -0.2) is 56.1 Å². The number of esters is 1. The lowest BCUT2D eigenvalue weighted by molar-refractivity contribution is -0.141. The Hall–Kier alpha value is -1.14. The largest absolute Gasteiger partial charge is 0.469 e. The highest BCUT2D eigenvalue weighted by Gasteiger charge is 2.26. The van der Waals surface area contributed by atoms with E-state index < -0.39 is 0 Å². The fourth-order valence-electron chi connectivity index (χ4n) is 1.63. The van der Waals surface area contributed by atoms with E-state index >= 15 is 0 Å². The van der Waals surface area contributed by atoms with Crippen molar-refractivity contribution in [1.29, 1.82) is 0 Å². The summed E-state index contributed by atoms with van der Waals surface area (Å²) in [5, 5.41) is 3.09. The normalized spacial score (nSPS) is 22.3. The zero-order valence-corrected chi connectivity index (χ0v) is 8.86. The van der Waals surface area contributed by atoms with E-state index in [4.69, 9.17) is 5.73 Å². The van der Waals surface area contributed by atoms with Crippen molar-refractivity contribution in [2.45, 2.75) is 12.5 Å². The van der Waals surface area contributed by atoms with Crippen molar-refractivity contribution < 1.29 is 14.3 Å². The summed E-state index contributed by atoms with van der Waals surface area (Å²) >= 11 is 0. The van der Waals surface area contributed by atoms with Crippen molar-refractivity contribution in [3.8, 4) is 0 Å². The number of nitrogens with one attached hydrogen (secondary N) is 1. The van der Waals surface area contributed by atoms with Gasteiger partial charge in [-0.1, -0.05) is 0 Å². The standard InChI is InChI=1S/C9H17N3O3/c1-15-8(13)2-4-12-5-3-11-6-7(12)9(10)14/h7,11H,2-6H2,1H3,(H2,10,14). The highest BCUT2D eigenvalue weighted by atomic mass is 16.5. The smallest absolute Gasteiger partial charge is 0.306 e. The summed E-state index contributed by atoms with van der Waals surface area (Å²) in [7, 11) is 1.35. The number of piperazine rings is 1. The Balaban J connectivity index is 2.42. The molecule has 0 aromatic heterocycles. The molecule has 1 unspecified atom stereocenters. The summed E-state index contributed by atoms with van der Waals surface area (Å²) in [4.78, 5) is 24.0. The SMILES string of the molecule is COC(=O)CCN1CCNCC1C(N)=O. The van der Waals surface area contributed by atoms with Crippen LogP contribution in [0, 0.1) is 0 Å². The van der Waals surface area contributed by atoms with Crippen molar-refractivity contribution in [3.63, 3.8) is 0 Å². The lowest BCUT2D eigenvalue weighted by Crippen LogP contribution is -2.57. The first-order valence-electron chi connectivity index (χ1n) is 4.96. The first kappa shape index (κ1) is 11.9. The summed E-state index contributed by atoms with van der Waals surface area (Å²) in [5.41, 5.74) is 5.26. The quantitative estimate of drug-likeness (QED) is 0.546. The molecule has 1 fully saturated rings. The van der Waals surface area contributed by atoms with Gasteiger partial charge < -0.3 is 15.8 Å². The molecule has 0 spiro atoms. The van der Waals surface area contributed by atoms with Gasteiger partial charge in [-0.15, -0.1) is 0 Å². The molecule has 0 radical (unpaired) electrons. The van der Waals surface area contributed by atoms with Crippen molar-refractivity contribution in [3.05, 3.63) is 0 Å². The van der Waals surface area contributed by atoms with E-state index in [2.05, 4.69) is 10.1 Å². The number of primary amides is 1. The molecule has 6 heteroatoms. The van der Waals surface area contributed by atoms with E-state index in [9.17, 15) is 9.59 Å². The number of amides is 1. The molecular formula is C9H17N3O3. The molecule has 3 N–H and O–H groups in total. The Labute approximate surface area is 88.7 Å². The van der Waals surface area contributed by atoms with Gasteiger partial charge in [0.15, 0.2) is 0 Å². The molecule has 0 saturated carbocycles. The summed E-state index contributed by atoms with van der Waals surface area (Å²) in [5.74, 6) is -0.621. The molecule has 1 heterocycles. The minimum atomic E-state index is -0.355. The van der Waals surface area contributed by atoms with Crippen molar-refractivity contribution in [1.82, 2.24) is 10.2 Å². The third-order valence-corrected chi connectivity index (χ3v) is 2.51. The van der Waals surface area contributed by atoms with Crippen molar-refractivity contribution in [2.75, 3.05) is 33.3 Å². The third kappa shape index (κ3) is 3.49. The molecule has 0 aromatic rings. The maximum Gasteiger partial charge on any atom is 0.306 e. The predicted octanol–water partition coefficient (Wildman–Crippen LogP) is -1.69. The molecule has 15 heavy (non-hydrogen) atoms. The van der Waals surface area contributed by atoms with Gasteiger partial charge in [-0.3, -0.25) is 14.5 Å². The van der Waals surface area contributed by atoms with Crippen LogP contribution in [0.3, 0.4) is 0 Å². The zero-order chi connectivity index (χ0) is 11.3. The molecule has 86 valence electrons. The maximum atomic E-state index is 11.1. The molecule has 1 rings (SSSR count). The Morgan fingerprint density at radius 2 is 2.33 bits per heavy atom. The highest BCUT2D eigenvalue weighted by Crippen LogP contribution is 2.04. The first-order valence-corrected chi connectivity index (χ1v) is 4.96. The van der Waals surface area contributed by atoms with Crippen LogP contribution >= 0.6 is 0 Å². The maximum absolute atomic E-state index is 11.1. The molecular weight excluding hydrogens is 198 g/mol. The van der Waals surface area contributed by atoms with Gasteiger partial charge in [-0.2, -0.15) is 0 Å². The fourth-order valence-corrected chi connectivity index (χ4v) is 1.63. The molecule has 1 saturated heterocycles. The molecule has 6 nitrogen and oxygen atoms in total. The average Bonchev–Trinajstić information content (AvgIpc) is 2.26. The summed E-state index contributed by atoms with van der Waals surface area (Å²) in [6, 6.07) is -0.316. The lowest BCUT2D eigenvalue weighted by Gasteiger charge is -2.33. The lowest BCUT2D eigenvalue weighted by atomic mass is 10.1. The number of hydrogen-bond donors (Lipinski definition) is 2. The van der Waals surface area contributed by atoms with Gasteiger partial charge in [0.1, 0.15) is 6.04 Å². The molecule has 0 aliphatic carbocycles. The molecule has 0 bridgehead atoms. The van der Waals surface area contributed by atoms with Crippen LogP contribution < -0.4 is 11.1 Å². The van der Waals surface area contributed by atoms with Crippen LogP contribution in [0.5, 0.6) is 0 Å². The number of methoxy groups -OCH3 is 1. The van der Waals surface area contributed by atoms with E-state index in [0.29, 0.717) is 19.5 Å². The monoisotopic (exact) mass is 215 g/mol. The zero-order valence-electron chi connectivity index (χ0n) is 8.86. The van der Waals surface area contributed by atoms with Gasteiger partial charge >= 0.3 is 5.97 Å². The van der Waals surface area contributed by atoms with Crippen molar-refractivity contribution >= 4 is 11.9 Å². The fraction of sp³-hybridized carbons (Fsp3) is 0.778. The van der Waals surface area contributed by atoms with Crippen LogP contribution in [0.1, 0.15) is 6.42 Å². The topological polar surface area (TPSA) is 84.7 Å². The number of rotatable bonds is 4.